The predicted molar refractivity (Wildman–Crippen MR) is 71.3 cm³/mol. The highest BCUT2D eigenvalue weighted by molar-refractivity contribution is 5.86. The van der Waals surface area contributed by atoms with Gasteiger partial charge in [-0.05, 0) is 38.1 Å². The summed E-state index contributed by atoms with van der Waals surface area (Å²) in [6.45, 7) is 3.03. The number of carboxylic acids is 1. The number of fused-ring (bicyclic) bond motifs is 1. The minimum Gasteiger partial charge on any atom is -0.477 e. The van der Waals surface area contributed by atoms with Crippen molar-refractivity contribution in [3.05, 3.63) is 35.8 Å². The molecule has 1 fully saturated rings. The molecule has 5 nitrogen and oxygen atoms in total. The number of carboxylic acid groups (broad SMARTS) is 1. The normalized spacial score (nSPS) is 16.8. The number of hydrogen-bond acceptors (Lipinski definition) is 3. The van der Waals surface area contributed by atoms with Crippen LogP contribution in [0.1, 0.15) is 35.4 Å². The molecule has 100 valence electrons. The Morgan fingerprint density at radius 2 is 2.05 bits per heavy atom. The van der Waals surface area contributed by atoms with Gasteiger partial charge in [-0.1, -0.05) is 12.5 Å². The van der Waals surface area contributed by atoms with Gasteiger partial charge < -0.3 is 5.11 Å². The molecule has 0 atom stereocenters. The lowest BCUT2D eigenvalue weighted by molar-refractivity contribution is 0.0689. The van der Waals surface area contributed by atoms with Crippen molar-refractivity contribution in [1.29, 1.82) is 0 Å². The molecule has 0 amide bonds. The maximum atomic E-state index is 11.2. The van der Waals surface area contributed by atoms with Crippen molar-refractivity contribution in [3.63, 3.8) is 0 Å². The first kappa shape index (κ1) is 12.2. The minimum absolute atomic E-state index is 0.259. The van der Waals surface area contributed by atoms with Crippen molar-refractivity contribution in [2.75, 3.05) is 13.1 Å². The topological polar surface area (TPSA) is 57.8 Å². The van der Waals surface area contributed by atoms with Crippen molar-refractivity contribution in [3.8, 4) is 0 Å². The maximum Gasteiger partial charge on any atom is 0.352 e. The Hall–Kier alpha value is -1.88. The van der Waals surface area contributed by atoms with Crippen LogP contribution in [0.4, 0.5) is 0 Å². The SMILES string of the molecule is O=C(O)c1cccc2nc(CN3CCCCC3)cn12. The van der Waals surface area contributed by atoms with Gasteiger partial charge in [0.2, 0.25) is 0 Å². The van der Waals surface area contributed by atoms with Gasteiger partial charge in [-0.2, -0.15) is 0 Å². The van der Waals surface area contributed by atoms with Crippen LogP contribution < -0.4 is 0 Å². The summed E-state index contributed by atoms with van der Waals surface area (Å²) in [5, 5.41) is 9.15. The van der Waals surface area contributed by atoms with E-state index >= 15 is 0 Å². The van der Waals surface area contributed by atoms with Gasteiger partial charge in [0.15, 0.2) is 0 Å². The third kappa shape index (κ3) is 2.46. The first-order valence-corrected chi connectivity index (χ1v) is 6.67. The molecule has 3 rings (SSSR count). The van der Waals surface area contributed by atoms with Crippen LogP contribution >= 0.6 is 0 Å². The van der Waals surface area contributed by atoms with Crippen molar-refractivity contribution in [1.82, 2.24) is 14.3 Å². The van der Waals surface area contributed by atoms with Gasteiger partial charge in [0, 0.05) is 12.7 Å². The van der Waals surface area contributed by atoms with E-state index in [1.165, 1.54) is 19.3 Å². The summed E-state index contributed by atoms with van der Waals surface area (Å²) in [5.41, 5.74) is 1.90. The molecule has 1 saturated heterocycles. The van der Waals surface area contributed by atoms with Gasteiger partial charge in [-0.3, -0.25) is 9.30 Å². The molecule has 3 heterocycles. The lowest BCUT2D eigenvalue weighted by Crippen LogP contribution is -2.29. The van der Waals surface area contributed by atoms with Gasteiger partial charge in [0.05, 0.1) is 5.69 Å². The molecule has 0 spiro atoms. The van der Waals surface area contributed by atoms with Gasteiger partial charge in [-0.15, -0.1) is 0 Å². The average Bonchev–Trinajstić information content (AvgIpc) is 2.81. The van der Waals surface area contributed by atoms with E-state index in [1.807, 2.05) is 12.3 Å². The molecule has 1 aliphatic rings. The summed E-state index contributed by atoms with van der Waals surface area (Å²) in [6, 6.07) is 5.17. The third-order valence-corrected chi connectivity index (χ3v) is 3.60. The monoisotopic (exact) mass is 259 g/mol. The Morgan fingerprint density at radius 3 is 2.79 bits per heavy atom. The highest BCUT2D eigenvalue weighted by Crippen LogP contribution is 2.14. The van der Waals surface area contributed by atoms with Gasteiger partial charge >= 0.3 is 5.97 Å². The number of carbonyl (C=O) groups is 1. The Kier molecular flexibility index (Phi) is 3.21. The fraction of sp³-hybridized carbons (Fsp3) is 0.429. The number of rotatable bonds is 3. The number of nitrogens with zero attached hydrogens (tertiary/aromatic N) is 3. The quantitative estimate of drug-likeness (QED) is 0.916. The number of pyridine rings is 1. The predicted octanol–water partition coefficient (Wildman–Crippen LogP) is 2.02. The van der Waals surface area contributed by atoms with Gasteiger partial charge in [0.1, 0.15) is 11.3 Å². The number of piperidine rings is 1. The smallest absolute Gasteiger partial charge is 0.352 e. The Labute approximate surface area is 111 Å². The summed E-state index contributed by atoms with van der Waals surface area (Å²) in [5.74, 6) is -0.924. The van der Waals surface area contributed by atoms with Crippen molar-refractivity contribution < 1.29 is 9.90 Å². The average molecular weight is 259 g/mol. The molecule has 5 heteroatoms. The zero-order valence-corrected chi connectivity index (χ0v) is 10.7. The van der Waals surface area contributed by atoms with Crippen LogP contribution in [0.5, 0.6) is 0 Å². The van der Waals surface area contributed by atoms with Crippen LogP contribution in [-0.2, 0) is 6.54 Å². The number of aromatic carboxylic acids is 1. The van der Waals surface area contributed by atoms with Crippen LogP contribution in [0.3, 0.4) is 0 Å². The summed E-state index contributed by atoms with van der Waals surface area (Å²) >= 11 is 0. The number of hydrogen-bond donors (Lipinski definition) is 1. The Morgan fingerprint density at radius 1 is 1.26 bits per heavy atom. The first-order valence-electron chi connectivity index (χ1n) is 6.67. The highest BCUT2D eigenvalue weighted by atomic mass is 16.4. The van der Waals surface area contributed by atoms with Gasteiger partial charge in [-0.25, -0.2) is 9.78 Å². The van der Waals surface area contributed by atoms with Crippen LogP contribution in [0.2, 0.25) is 0 Å². The standard InChI is InChI=1S/C14H17N3O2/c18-14(19)12-5-4-6-13-15-11(10-17(12)13)9-16-7-2-1-3-8-16/h4-6,10H,1-3,7-9H2,(H,18,19). The number of imidazole rings is 1. The molecule has 0 aromatic carbocycles. The molecule has 19 heavy (non-hydrogen) atoms. The van der Waals surface area contributed by atoms with E-state index in [4.69, 9.17) is 5.11 Å². The van der Waals surface area contributed by atoms with Crippen LogP contribution in [0.15, 0.2) is 24.4 Å². The Balaban J connectivity index is 1.88. The van der Waals surface area contributed by atoms with Gasteiger partial charge in [0.25, 0.3) is 0 Å². The van der Waals surface area contributed by atoms with Crippen LogP contribution in [0, 0.1) is 0 Å². The van der Waals surface area contributed by atoms with E-state index in [-0.39, 0.29) is 5.69 Å². The second-order valence-corrected chi connectivity index (χ2v) is 5.01. The molecule has 2 aromatic rings. The number of aromatic nitrogens is 2. The molecular formula is C14H17N3O2. The van der Waals surface area contributed by atoms with Crippen molar-refractivity contribution >= 4 is 11.6 Å². The van der Waals surface area contributed by atoms with Crippen molar-refractivity contribution in [2.45, 2.75) is 25.8 Å². The molecule has 0 saturated carbocycles. The molecule has 0 aliphatic carbocycles. The molecule has 0 radical (unpaired) electrons. The van der Waals surface area contributed by atoms with E-state index in [1.54, 1.807) is 16.5 Å². The van der Waals surface area contributed by atoms with E-state index in [9.17, 15) is 4.79 Å². The van der Waals surface area contributed by atoms with Crippen molar-refractivity contribution in [2.24, 2.45) is 0 Å². The van der Waals surface area contributed by atoms with Crippen LogP contribution in [0.25, 0.3) is 5.65 Å². The maximum absolute atomic E-state index is 11.2. The molecule has 2 aromatic heterocycles. The largest absolute Gasteiger partial charge is 0.477 e. The first-order chi connectivity index (χ1) is 9.24. The molecule has 1 aliphatic heterocycles. The van der Waals surface area contributed by atoms with E-state index in [0.717, 1.165) is 25.3 Å². The fourth-order valence-corrected chi connectivity index (χ4v) is 2.66. The third-order valence-electron chi connectivity index (χ3n) is 3.60. The van der Waals surface area contributed by atoms with E-state index in [2.05, 4.69) is 9.88 Å². The summed E-state index contributed by atoms with van der Waals surface area (Å²) in [4.78, 5) is 18.0. The zero-order valence-electron chi connectivity index (χ0n) is 10.7. The summed E-state index contributed by atoms with van der Waals surface area (Å²) in [7, 11) is 0. The lowest BCUT2D eigenvalue weighted by Gasteiger charge is -2.25. The second kappa shape index (κ2) is 5.01. The van der Waals surface area contributed by atoms with E-state index in [0.29, 0.717) is 5.65 Å². The summed E-state index contributed by atoms with van der Waals surface area (Å²) in [6.07, 6.45) is 5.64. The number of likely N-dealkylation sites (tertiary alicyclic amines) is 1. The second-order valence-electron chi connectivity index (χ2n) is 5.01. The fourth-order valence-electron chi connectivity index (χ4n) is 2.66. The molecule has 0 bridgehead atoms. The minimum atomic E-state index is -0.924. The van der Waals surface area contributed by atoms with Crippen LogP contribution in [-0.4, -0.2) is 38.4 Å². The highest BCUT2D eigenvalue weighted by Gasteiger charge is 2.14. The molecule has 0 unspecified atom stereocenters. The lowest BCUT2D eigenvalue weighted by atomic mass is 10.1. The summed E-state index contributed by atoms with van der Waals surface area (Å²) < 4.78 is 1.65. The zero-order chi connectivity index (χ0) is 13.2. The molecular weight excluding hydrogens is 242 g/mol. The Bertz CT molecular complexity index is 600. The molecule has 1 N–H and O–H groups in total. The van der Waals surface area contributed by atoms with E-state index < -0.39 is 5.97 Å².